The predicted octanol–water partition coefficient (Wildman–Crippen LogP) is 4.42. The second-order valence-corrected chi connectivity index (χ2v) is 9.05. The number of thioether (sulfide) groups is 1. The molecule has 0 spiro atoms. The summed E-state index contributed by atoms with van der Waals surface area (Å²) in [6.07, 6.45) is 3.92. The second kappa shape index (κ2) is 8.15. The standard InChI is InChI=1S/C19H19N3O4S2/c1-19(2)17(20(18(27)28-19)13-14-7-4-3-5-8-14)21(23)12-6-9-15-10-11-16(26-15)22(24)25/h3-12,17H,13H2,1-2H3/b9-6+,21-12-/t17-/m1/s1. The van der Waals surface area contributed by atoms with Gasteiger partial charge in [-0.25, -0.2) is 0 Å². The van der Waals surface area contributed by atoms with Gasteiger partial charge in [0, 0.05) is 6.08 Å². The Balaban J connectivity index is 1.80. The first-order chi connectivity index (χ1) is 13.3. The monoisotopic (exact) mass is 417 g/mol. The average Bonchev–Trinajstić information content (AvgIpc) is 3.18. The van der Waals surface area contributed by atoms with Crippen LogP contribution in [0, 0.1) is 15.3 Å². The van der Waals surface area contributed by atoms with Gasteiger partial charge in [-0.1, -0.05) is 54.3 Å². The van der Waals surface area contributed by atoms with Gasteiger partial charge in [0.15, 0.2) is 6.21 Å². The third kappa shape index (κ3) is 4.42. The van der Waals surface area contributed by atoms with E-state index in [1.807, 2.05) is 49.1 Å². The fourth-order valence-electron chi connectivity index (χ4n) is 3.02. The summed E-state index contributed by atoms with van der Waals surface area (Å²) in [5, 5.41) is 23.5. The highest BCUT2D eigenvalue weighted by molar-refractivity contribution is 8.24. The molecule has 1 aliphatic rings. The van der Waals surface area contributed by atoms with E-state index < -0.39 is 15.8 Å². The summed E-state index contributed by atoms with van der Waals surface area (Å²) in [5.74, 6) is -0.0422. The van der Waals surface area contributed by atoms with Gasteiger partial charge in [-0.3, -0.25) is 15.0 Å². The van der Waals surface area contributed by atoms with Crippen LogP contribution in [0.1, 0.15) is 25.2 Å². The van der Waals surface area contributed by atoms with Crippen LogP contribution in [0.25, 0.3) is 6.08 Å². The third-order valence-corrected chi connectivity index (χ3v) is 5.86. The smallest absolute Gasteiger partial charge is 0.433 e. The van der Waals surface area contributed by atoms with Gasteiger partial charge >= 0.3 is 5.88 Å². The minimum atomic E-state index is -0.609. The number of hydrogen-bond acceptors (Lipinski definition) is 6. The van der Waals surface area contributed by atoms with Crippen LogP contribution in [0.4, 0.5) is 5.88 Å². The number of nitrogens with zero attached hydrogens (tertiary/aromatic N) is 3. The van der Waals surface area contributed by atoms with Crippen molar-refractivity contribution >= 4 is 46.5 Å². The fourth-order valence-corrected chi connectivity index (χ4v) is 4.90. The molecule has 0 N–H and O–H groups in total. The average molecular weight is 418 g/mol. The van der Waals surface area contributed by atoms with E-state index in [-0.39, 0.29) is 5.88 Å². The Hall–Kier alpha value is -2.65. The molecule has 1 fully saturated rings. The number of benzene rings is 1. The topological polar surface area (TPSA) is 85.6 Å². The van der Waals surface area contributed by atoms with Crippen molar-refractivity contribution in [3.8, 4) is 0 Å². The minimum absolute atomic E-state index is 0.299. The van der Waals surface area contributed by atoms with Gasteiger partial charge in [-0.05, 0) is 31.6 Å². The zero-order valence-corrected chi connectivity index (χ0v) is 17.0. The number of furan rings is 1. The highest BCUT2D eigenvalue weighted by atomic mass is 32.2. The van der Waals surface area contributed by atoms with Gasteiger partial charge in [-0.2, -0.15) is 4.74 Å². The van der Waals surface area contributed by atoms with E-state index in [1.165, 1.54) is 42.3 Å². The number of rotatable bonds is 6. The molecule has 1 atom stereocenters. The van der Waals surface area contributed by atoms with E-state index in [1.54, 1.807) is 0 Å². The van der Waals surface area contributed by atoms with Crippen molar-refractivity contribution < 1.29 is 14.1 Å². The molecule has 9 heteroatoms. The van der Waals surface area contributed by atoms with E-state index >= 15 is 0 Å². The summed E-state index contributed by atoms with van der Waals surface area (Å²) in [7, 11) is 0. The molecule has 7 nitrogen and oxygen atoms in total. The molecular formula is C19H19N3O4S2. The highest BCUT2D eigenvalue weighted by Gasteiger charge is 2.50. The summed E-state index contributed by atoms with van der Waals surface area (Å²) >= 11 is 7.01. The Morgan fingerprint density at radius 2 is 1.96 bits per heavy atom. The lowest BCUT2D eigenvalue weighted by Gasteiger charge is -2.29. The molecule has 0 aliphatic carbocycles. The molecule has 1 aromatic carbocycles. The molecule has 0 radical (unpaired) electrons. The normalized spacial score (nSPS) is 19.5. The summed E-state index contributed by atoms with van der Waals surface area (Å²) in [6.45, 7) is 4.51. The molecule has 2 aromatic rings. The molecule has 28 heavy (non-hydrogen) atoms. The molecule has 3 rings (SSSR count). The van der Waals surface area contributed by atoms with Gasteiger partial charge < -0.3 is 9.62 Å². The van der Waals surface area contributed by atoms with E-state index in [9.17, 15) is 15.3 Å². The molecule has 1 aliphatic heterocycles. The summed E-state index contributed by atoms with van der Waals surface area (Å²) in [6, 6.07) is 12.6. The zero-order valence-electron chi connectivity index (χ0n) is 15.3. The van der Waals surface area contributed by atoms with Crippen LogP contribution in [0.3, 0.4) is 0 Å². The molecule has 146 valence electrons. The van der Waals surface area contributed by atoms with E-state index in [4.69, 9.17) is 16.6 Å². The molecule has 1 aromatic heterocycles. The van der Waals surface area contributed by atoms with Gasteiger partial charge in [-0.15, -0.1) is 0 Å². The first-order valence-corrected chi connectivity index (χ1v) is 9.75. The molecule has 1 saturated heterocycles. The summed E-state index contributed by atoms with van der Waals surface area (Å²) in [4.78, 5) is 12.0. The van der Waals surface area contributed by atoms with Crippen molar-refractivity contribution in [1.82, 2.24) is 4.90 Å². The van der Waals surface area contributed by atoms with Gasteiger partial charge in [0.1, 0.15) is 19.8 Å². The van der Waals surface area contributed by atoms with Crippen molar-refractivity contribution in [3.63, 3.8) is 0 Å². The third-order valence-electron chi connectivity index (χ3n) is 4.22. The van der Waals surface area contributed by atoms with E-state index in [0.29, 0.717) is 16.6 Å². The van der Waals surface area contributed by atoms with Crippen LogP contribution in [0.2, 0.25) is 0 Å². The first-order valence-electron chi connectivity index (χ1n) is 8.53. The number of allylic oxidation sites excluding steroid dienone is 1. The second-order valence-electron chi connectivity index (χ2n) is 6.76. The molecule has 0 saturated carbocycles. The Morgan fingerprint density at radius 3 is 2.61 bits per heavy atom. The lowest BCUT2D eigenvalue weighted by molar-refractivity contribution is -0.524. The summed E-state index contributed by atoms with van der Waals surface area (Å²) < 4.78 is 6.19. The maximum Gasteiger partial charge on any atom is 0.433 e. The van der Waals surface area contributed by atoms with Crippen LogP contribution in [-0.4, -0.2) is 36.0 Å². The maximum absolute atomic E-state index is 12.9. The van der Waals surface area contributed by atoms with Crippen molar-refractivity contribution in [1.29, 1.82) is 0 Å². The van der Waals surface area contributed by atoms with E-state index in [0.717, 1.165) is 10.3 Å². The van der Waals surface area contributed by atoms with Crippen LogP contribution in [0.5, 0.6) is 0 Å². The SMILES string of the molecule is CC1(C)SC(=S)N(Cc2ccccc2)[C@@H]1/[N+]([O-])=C/C=C/c1ccc([N+](=O)[O-])o1. The van der Waals surface area contributed by atoms with Gasteiger partial charge in [0.05, 0.1) is 12.6 Å². The minimum Gasteiger partial charge on any atom is -0.622 e. The first kappa shape index (κ1) is 20.1. The lowest BCUT2D eigenvalue weighted by atomic mass is 10.1. The largest absolute Gasteiger partial charge is 0.622 e. The van der Waals surface area contributed by atoms with Crippen LogP contribution < -0.4 is 0 Å². The number of nitro groups is 1. The van der Waals surface area contributed by atoms with Crippen molar-refractivity contribution in [2.75, 3.05) is 0 Å². The molecule has 0 bridgehead atoms. The Morgan fingerprint density at radius 1 is 1.25 bits per heavy atom. The molecule has 0 amide bonds. The lowest BCUT2D eigenvalue weighted by Crippen LogP contribution is -2.47. The Labute approximate surface area is 172 Å². The molecule has 2 heterocycles. The molecule has 0 unspecified atom stereocenters. The Bertz CT molecular complexity index is 938. The fraction of sp³-hybridized carbons (Fsp3) is 0.263. The van der Waals surface area contributed by atoms with Crippen molar-refractivity contribution in [3.05, 3.63) is 75.2 Å². The number of hydroxylamine groups is 1. The zero-order chi connectivity index (χ0) is 20.3. The summed E-state index contributed by atoms with van der Waals surface area (Å²) in [5.41, 5.74) is 1.07. The van der Waals surface area contributed by atoms with Gasteiger partial charge in [0.2, 0.25) is 0 Å². The highest BCUT2D eigenvalue weighted by Crippen LogP contribution is 2.42. The predicted molar refractivity (Wildman–Crippen MR) is 114 cm³/mol. The number of hydrogen-bond donors (Lipinski definition) is 0. The number of thiocarbonyl (C=S) groups is 1. The Kier molecular flexibility index (Phi) is 5.85. The molecular weight excluding hydrogens is 398 g/mol. The van der Waals surface area contributed by atoms with E-state index in [2.05, 4.69) is 0 Å². The van der Waals surface area contributed by atoms with Crippen molar-refractivity contribution in [2.24, 2.45) is 0 Å². The van der Waals surface area contributed by atoms with Crippen LogP contribution in [-0.2, 0) is 6.54 Å². The van der Waals surface area contributed by atoms with Crippen LogP contribution in [0.15, 0.2) is 53.0 Å². The van der Waals surface area contributed by atoms with Crippen LogP contribution >= 0.6 is 24.0 Å². The van der Waals surface area contributed by atoms with Crippen molar-refractivity contribution in [2.45, 2.75) is 31.3 Å². The van der Waals surface area contributed by atoms with Gasteiger partial charge in [0.25, 0.3) is 6.17 Å². The maximum atomic E-state index is 12.9. The quantitative estimate of drug-likeness (QED) is 0.172.